The van der Waals surface area contributed by atoms with E-state index >= 15 is 0 Å². The van der Waals surface area contributed by atoms with E-state index in [0.29, 0.717) is 25.1 Å². The Bertz CT molecular complexity index is 592. The monoisotopic (exact) mass is 322 g/mol. The van der Waals surface area contributed by atoms with Gasteiger partial charge in [0.2, 0.25) is 0 Å². The van der Waals surface area contributed by atoms with Gasteiger partial charge in [0.05, 0.1) is 5.69 Å². The summed E-state index contributed by atoms with van der Waals surface area (Å²) in [4.78, 5) is 13.6. The van der Waals surface area contributed by atoms with Crippen LogP contribution in [0.1, 0.15) is 30.9 Å². The van der Waals surface area contributed by atoms with Crippen molar-refractivity contribution in [2.24, 2.45) is 5.16 Å². The Hall–Kier alpha value is -2.15. The Balaban J connectivity index is 2.06. The van der Waals surface area contributed by atoms with E-state index in [0.717, 1.165) is 31.2 Å². The number of nitrogens with two attached hydrogens (primary N) is 1. The van der Waals surface area contributed by atoms with Crippen molar-refractivity contribution in [1.82, 2.24) is 10.2 Å². The van der Waals surface area contributed by atoms with Crippen molar-refractivity contribution in [3.63, 3.8) is 0 Å². The van der Waals surface area contributed by atoms with Gasteiger partial charge >= 0.3 is 0 Å². The van der Waals surface area contributed by atoms with Gasteiger partial charge in [0.15, 0.2) is 0 Å². The number of nitrogens with zero attached hydrogens (tertiary/aromatic N) is 2. The molecule has 7 heteroatoms. The summed E-state index contributed by atoms with van der Waals surface area (Å²) >= 11 is 0. The lowest BCUT2D eigenvalue weighted by Gasteiger charge is -2.29. The standard InChI is InChI=1S/C16H23FN4O2/c1-11(20-15(22)8-19-23)9-21-7-3-2-4-13-12(10-21)5-6-14(18)16(13)17/h5-6,8,11,23H,2-4,7,9-10,18H2,1H3,(H,20,22)/b19-8-/t11-/m0/s1. The van der Waals surface area contributed by atoms with Crippen molar-refractivity contribution >= 4 is 17.8 Å². The van der Waals surface area contributed by atoms with Gasteiger partial charge in [-0.15, -0.1) is 0 Å². The molecule has 0 saturated heterocycles. The molecule has 0 unspecified atom stereocenters. The summed E-state index contributed by atoms with van der Waals surface area (Å²) in [6.07, 6.45) is 3.41. The number of halogens is 1. The number of anilines is 1. The second-order valence-corrected chi connectivity index (χ2v) is 5.95. The summed E-state index contributed by atoms with van der Waals surface area (Å²) in [5, 5.41) is 13.8. The molecule has 126 valence electrons. The Morgan fingerprint density at radius 3 is 3.09 bits per heavy atom. The third-order valence-electron chi connectivity index (χ3n) is 4.01. The van der Waals surface area contributed by atoms with E-state index in [2.05, 4.69) is 15.4 Å². The number of nitrogens with one attached hydrogen (secondary N) is 1. The number of carbonyl (C=O) groups excluding carboxylic acids is 1. The van der Waals surface area contributed by atoms with E-state index in [4.69, 9.17) is 10.9 Å². The molecule has 1 aromatic rings. The number of carbonyl (C=O) groups is 1. The van der Waals surface area contributed by atoms with Crippen LogP contribution in [0.25, 0.3) is 0 Å². The number of rotatable bonds is 4. The number of hydrogen-bond acceptors (Lipinski definition) is 5. The topological polar surface area (TPSA) is 91.0 Å². The highest BCUT2D eigenvalue weighted by Crippen LogP contribution is 2.25. The lowest BCUT2D eigenvalue weighted by Crippen LogP contribution is -2.43. The molecule has 0 bridgehead atoms. The minimum absolute atomic E-state index is 0.109. The van der Waals surface area contributed by atoms with E-state index in [9.17, 15) is 9.18 Å². The number of oxime groups is 1. The number of hydrogen-bond donors (Lipinski definition) is 3. The van der Waals surface area contributed by atoms with Crippen molar-refractivity contribution in [1.29, 1.82) is 0 Å². The number of amides is 1. The third-order valence-corrected chi connectivity index (χ3v) is 4.01. The summed E-state index contributed by atoms with van der Waals surface area (Å²) in [6.45, 7) is 4.03. The van der Waals surface area contributed by atoms with Crippen LogP contribution in [0.3, 0.4) is 0 Å². The summed E-state index contributed by atoms with van der Waals surface area (Å²) in [7, 11) is 0. The molecule has 1 aliphatic rings. The van der Waals surface area contributed by atoms with Crippen LogP contribution >= 0.6 is 0 Å². The third kappa shape index (κ3) is 4.66. The largest absolute Gasteiger partial charge is 0.411 e. The molecule has 1 amide bonds. The van der Waals surface area contributed by atoms with Gasteiger partial charge in [-0.3, -0.25) is 9.69 Å². The van der Waals surface area contributed by atoms with Crippen molar-refractivity contribution < 1.29 is 14.4 Å². The van der Waals surface area contributed by atoms with Crippen LogP contribution in [0, 0.1) is 5.82 Å². The van der Waals surface area contributed by atoms with Crippen LogP contribution in [0.4, 0.5) is 10.1 Å². The summed E-state index contributed by atoms with van der Waals surface area (Å²) in [6, 6.07) is 3.38. The fraction of sp³-hybridized carbons (Fsp3) is 0.500. The normalized spacial score (nSPS) is 17.3. The molecule has 6 nitrogen and oxygen atoms in total. The average molecular weight is 322 g/mol. The summed E-state index contributed by atoms with van der Waals surface area (Å²) in [5.41, 5.74) is 7.52. The molecule has 0 saturated carbocycles. The lowest BCUT2D eigenvalue weighted by molar-refractivity contribution is -0.115. The molecule has 1 aliphatic heterocycles. The van der Waals surface area contributed by atoms with E-state index in [1.807, 2.05) is 13.0 Å². The molecule has 4 N–H and O–H groups in total. The first-order chi connectivity index (χ1) is 11.0. The van der Waals surface area contributed by atoms with Crippen molar-refractivity contribution in [3.8, 4) is 0 Å². The van der Waals surface area contributed by atoms with Crippen molar-refractivity contribution in [2.75, 3.05) is 18.8 Å². The molecule has 0 spiro atoms. The maximum absolute atomic E-state index is 14.2. The van der Waals surface area contributed by atoms with Gasteiger partial charge in [-0.25, -0.2) is 4.39 Å². The molecule has 1 atom stereocenters. The molecule has 1 heterocycles. The van der Waals surface area contributed by atoms with Crippen LogP contribution in [-0.4, -0.2) is 41.4 Å². The molecule has 2 rings (SSSR count). The van der Waals surface area contributed by atoms with Gasteiger partial charge in [-0.2, -0.15) is 0 Å². The van der Waals surface area contributed by atoms with Crippen molar-refractivity contribution in [2.45, 2.75) is 38.8 Å². The molecule has 23 heavy (non-hydrogen) atoms. The molecule has 0 fully saturated rings. The van der Waals surface area contributed by atoms with Crippen LogP contribution in [0.5, 0.6) is 0 Å². The van der Waals surface area contributed by atoms with Crippen LogP contribution in [0.2, 0.25) is 0 Å². The van der Waals surface area contributed by atoms with Gasteiger partial charge in [0.1, 0.15) is 12.0 Å². The fourth-order valence-corrected chi connectivity index (χ4v) is 2.98. The molecular weight excluding hydrogens is 299 g/mol. The highest BCUT2D eigenvalue weighted by atomic mass is 19.1. The molecule has 0 aliphatic carbocycles. The Morgan fingerprint density at radius 1 is 1.57 bits per heavy atom. The zero-order valence-corrected chi connectivity index (χ0v) is 13.3. The van der Waals surface area contributed by atoms with E-state index in [1.54, 1.807) is 6.07 Å². The Morgan fingerprint density at radius 2 is 2.35 bits per heavy atom. The predicted molar refractivity (Wildman–Crippen MR) is 86.9 cm³/mol. The zero-order chi connectivity index (χ0) is 16.8. The fourth-order valence-electron chi connectivity index (χ4n) is 2.98. The van der Waals surface area contributed by atoms with E-state index in [-0.39, 0.29) is 17.5 Å². The second kappa shape index (κ2) is 7.92. The maximum Gasteiger partial charge on any atom is 0.266 e. The highest BCUT2D eigenvalue weighted by molar-refractivity contribution is 6.26. The van der Waals surface area contributed by atoms with Crippen LogP contribution < -0.4 is 11.1 Å². The van der Waals surface area contributed by atoms with E-state index in [1.165, 1.54) is 0 Å². The lowest BCUT2D eigenvalue weighted by atomic mass is 9.97. The highest BCUT2D eigenvalue weighted by Gasteiger charge is 2.19. The first kappa shape index (κ1) is 17.2. The van der Waals surface area contributed by atoms with Gasteiger partial charge in [-0.1, -0.05) is 11.2 Å². The zero-order valence-electron chi connectivity index (χ0n) is 13.3. The SMILES string of the molecule is C[C@@H](CN1CCCCc2c(ccc(N)c2F)C1)NC(=O)/C=N\O. The summed E-state index contributed by atoms with van der Waals surface area (Å²) < 4.78 is 14.2. The number of benzene rings is 1. The van der Waals surface area contributed by atoms with Crippen LogP contribution in [-0.2, 0) is 17.8 Å². The molecular formula is C16H23FN4O2. The number of fused-ring (bicyclic) bond motifs is 1. The first-order valence-electron chi connectivity index (χ1n) is 7.77. The van der Waals surface area contributed by atoms with Crippen LogP contribution in [0.15, 0.2) is 17.3 Å². The first-order valence-corrected chi connectivity index (χ1v) is 7.77. The summed E-state index contributed by atoms with van der Waals surface area (Å²) in [5.74, 6) is -0.740. The van der Waals surface area contributed by atoms with Gasteiger partial charge in [0.25, 0.3) is 5.91 Å². The second-order valence-electron chi connectivity index (χ2n) is 5.95. The molecule has 0 radical (unpaired) electrons. The quantitative estimate of drug-likeness (QED) is 0.339. The minimum atomic E-state index is -0.439. The minimum Gasteiger partial charge on any atom is -0.411 e. The predicted octanol–water partition coefficient (Wildman–Crippen LogP) is 1.51. The molecule has 0 aromatic heterocycles. The number of nitrogen functional groups attached to an aromatic ring is 1. The average Bonchev–Trinajstić information content (AvgIpc) is 2.46. The Kier molecular flexibility index (Phi) is 5.92. The van der Waals surface area contributed by atoms with Gasteiger partial charge < -0.3 is 16.3 Å². The maximum atomic E-state index is 14.2. The van der Waals surface area contributed by atoms with E-state index < -0.39 is 5.91 Å². The Labute approximate surface area is 135 Å². The van der Waals surface area contributed by atoms with Gasteiger partial charge in [-0.05, 0) is 49.9 Å². The molecule has 1 aromatic carbocycles. The van der Waals surface area contributed by atoms with Gasteiger partial charge in [0, 0.05) is 19.1 Å². The smallest absolute Gasteiger partial charge is 0.266 e. The van der Waals surface area contributed by atoms with Crippen molar-refractivity contribution in [3.05, 3.63) is 29.1 Å².